The molecule has 6 heteroatoms. The number of aliphatic carboxylic acids is 1. The molecule has 0 bridgehead atoms. The number of unbranched alkanes of at least 4 members (excludes halogenated alkanes) is 46. The van der Waals surface area contributed by atoms with Crippen LogP contribution in [0.5, 0.6) is 0 Å². The maximum absolute atomic E-state index is 10.3. The Labute approximate surface area is 484 Å². The molecule has 0 amide bonds. The minimum absolute atomic E-state index is 0. The first-order chi connectivity index (χ1) is 37.6. The standard InChI is InChI=1S/C36H71NO.C18H34O2.C17H35N.H2O/c1-3-5-7-9-11-13-15-17-19-21-23-25-27-29-31-33-35-37-38-36-34-32-30-28-26-24-22-20-18-16-14-12-10-8-6-4-2;1-2-3-4-5-6-7-8-9-10-11-12-13-14-15-16-17-18(19)20;1-2-3-4-5-6-7-8-9-10-11-12-13-14-15-16-17-18;/h17-20,37H,3-16,21-36H2,1-2H3;9-10H,2-8,11-17H2,1H3,(H,19,20);9-10H,2-8,11-18H2,1H3;1H2/b19-17+,20-18+;2*10-9+;. The highest BCUT2D eigenvalue weighted by molar-refractivity contribution is 5.66. The summed E-state index contributed by atoms with van der Waals surface area (Å²) < 4.78 is 0. The van der Waals surface area contributed by atoms with Crippen LogP contribution >= 0.6 is 0 Å². The number of rotatable bonds is 62. The van der Waals surface area contributed by atoms with Crippen LogP contribution in [0, 0.1) is 0 Å². The van der Waals surface area contributed by atoms with Crippen LogP contribution in [-0.2, 0) is 9.63 Å². The zero-order chi connectivity index (χ0) is 55.7. The fourth-order valence-electron chi connectivity index (χ4n) is 9.57. The predicted molar refractivity (Wildman–Crippen MR) is 347 cm³/mol. The molecule has 0 aliphatic rings. The molecule has 0 saturated carbocycles. The molecule has 0 aromatic heterocycles. The fourth-order valence-corrected chi connectivity index (χ4v) is 9.57. The van der Waals surface area contributed by atoms with Crippen LogP contribution in [0.3, 0.4) is 0 Å². The summed E-state index contributed by atoms with van der Waals surface area (Å²) in [5.41, 5.74) is 8.63. The van der Waals surface area contributed by atoms with E-state index in [1.54, 1.807) is 0 Å². The van der Waals surface area contributed by atoms with E-state index in [9.17, 15) is 4.79 Å². The zero-order valence-electron chi connectivity index (χ0n) is 53.0. The van der Waals surface area contributed by atoms with Crippen LogP contribution in [0.1, 0.15) is 381 Å². The van der Waals surface area contributed by atoms with E-state index >= 15 is 0 Å². The SMILES string of the molecule is CCCCCCCC/C=C/CCCCCCCC(=O)O.CCCCCCCC/C=C/CCCCCCCCNOCCCCCCCC/C=C/CCCCCCCC.CCCCCCCC/C=C/CCCCCCCN.O. The largest absolute Gasteiger partial charge is 0.481 e. The molecule has 0 radical (unpaired) electrons. The van der Waals surface area contributed by atoms with Gasteiger partial charge >= 0.3 is 5.97 Å². The molecule has 0 fully saturated rings. The van der Waals surface area contributed by atoms with Crippen LogP contribution in [0.4, 0.5) is 0 Å². The van der Waals surface area contributed by atoms with Crippen LogP contribution in [0.25, 0.3) is 0 Å². The Kier molecular flexibility index (Phi) is 88.2. The summed E-state index contributed by atoms with van der Waals surface area (Å²) in [4.78, 5) is 15.9. The molecule has 0 aliphatic carbocycles. The van der Waals surface area contributed by atoms with Crippen molar-refractivity contribution in [2.45, 2.75) is 381 Å². The molecule has 6 N–H and O–H groups in total. The lowest BCUT2D eigenvalue weighted by Crippen LogP contribution is -2.16. The maximum Gasteiger partial charge on any atom is 0.303 e. The van der Waals surface area contributed by atoms with Gasteiger partial charge < -0.3 is 21.2 Å². The fraction of sp³-hybridized carbons (Fsp3) is 0.873. The molecule has 6 nitrogen and oxygen atoms in total. The molecular weight excluding hydrogens is 945 g/mol. The van der Waals surface area contributed by atoms with Crippen LogP contribution < -0.4 is 11.2 Å². The van der Waals surface area contributed by atoms with Gasteiger partial charge in [-0.15, -0.1) is 0 Å². The highest BCUT2D eigenvalue weighted by Crippen LogP contribution is 2.14. The Morgan fingerprint density at radius 1 is 0.325 bits per heavy atom. The number of hydrogen-bond acceptors (Lipinski definition) is 4. The number of carboxylic acid groups (broad SMARTS) is 1. The topological polar surface area (TPSA) is 116 Å². The lowest BCUT2D eigenvalue weighted by atomic mass is 10.1. The minimum Gasteiger partial charge on any atom is -0.481 e. The van der Waals surface area contributed by atoms with Gasteiger partial charge in [-0.1, -0.05) is 295 Å². The molecule has 460 valence electrons. The van der Waals surface area contributed by atoms with Crippen molar-refractivity contribution >= 4 is 5.97 Å². The predicted octanol–water partition coefficient (Wildman–Crippen LogP) is 23.5. The van der Waals surface area contributed by atoms with Gasteiger partial charge in [0.15, 0.2) is 0 Å². The van der Waals surface area contributed by atoms with E-state index in [0.717, 1.165) is 32.5 Å². The number of nitrogens with two attached hydrogens (primary N) is 1. The van der Waals surface area contributed by atoms with Gasteiger partial charge in [-0.2, -0.15) is 0 Å². The average molecular weight is 1090 g/mol. The van der Waals surface area contributed by atoms with E-state index in [1.165, 1.54) is 334 Å². The third kappa shape index (κ3) is 91.1. The third-order valence-electron chi connectivity index (χ3n) is 14.8. The highest BCUT2D eigenvalue weighted by atomic mass is 16.6. The molecule has 0 rings (SSSR count). The maximum atomic E-state index is 10.3. The van der Waals surface area contributed by atoms with E-state index in [-0.39, 0.29) is 5.48 Å². The van der Waals surface area contributed by atoms with E-state index in [2.05, 4.69) is 81.8 Å². The zero-order valence-corrected chi connectivity index (χ0v) is 53.0. The lowest BCUT2D eigenvalue weighted by molar-refractivity contribution is -0.137. The first-order valence-corrected chi connectivity index (χ1v) is 34.5. The Hall–Kier alpha value is -1.73. The van der Waals surface area contributed by atoms with E-state index in [4.69, 9.17) is 15.7 Å². The normalized spacial score (nSPS) is 11.5. The number of carboxylic acids is 1. The van der Waals surface area contributed by atoms with E-state index in [1.807, 2.05) is 0 Å². The van der Waals surface area contributed by atoms with Gasteiger partial charge in [0.05, 0.1) is 6.61 Å². The first kappa shape index (κ1) is 81.7. The van der Waals surface area contributed by atoms with Crippen molar-refractivity contribution in [3.63, 3.8) is 0 Å². The lowest BCUT2D eigenvalue weighted by Gasteiger charge is -2.06. The molecular formula is C71H142N2O4. The molecule has 0 atom stereocenters. The second-order valence-electron chi connectivity index (χ2n) is 22.7. The van der Waals surface area contributed by atoms with Gasteiger partial charge in [0.1, 0.15) is 0 Å². The van der Waals surface area contributed by atoms with Crippen LogP contribution in [0.2, 0.25) is 0 Å². The van der Waals surface area contributed by atoms with Gasteiger partial charge in [0.2, 0.25) is 0 Å². The number of hydroxylamine groups is 1. The molecule has 0 unspecified atom stereocenters. The summed E-state index contributed by atoms with van der Waals surface area (Å²) in [6.45, 7) is 11.8. The minimum atomic E-state index is -0.664. The average Bonchev–Trinajstić information content (AvgIpc) is 3.42. The summed E-state index contributed by atoms with van der Waals surface area (Å²) >= 11 is 0. The number of allylic oxidation sites excluding steroid dienone is 8. The molecule has 0 aromatic rings. The van der Waals surface area contributed by atoms with Crippen molar-refractivity contribution < 1.29 is 20.2 Å². The van der Waals surface area contributed by atoms with Gasteiger partial charge in [-0.05, 0) is 135 Å². The summed E-state index contributed by atoms with van der Waals surface area (Å²) in [5.74, 6) is -0.664. The molecule has 0 saturated heterocycles. The second kappa shape index (κ2) is 83.1. The van der Waals surface area contributed by atoms with Crippen molar-refractivity contribution in [3.05, 3.63) is 48.6 Å². The Morgan fingerprint density at radius 3 is 0.805 bits per heavy atom. The first-order valence-electron chi connectivity index (χ1n) is 34.5. The number of hydrogen-bond donors (Lipinski definition) is 3. The number of carbonyl (C=O) groups is 1. The summed E-state index contributed by atoms with van der Waals surface area (Å²) in [7, 11) is 0. The molecule has 0 aromatic carbocycles. The summed E-state index contributed by atoms with van der Waals surface area (Å²) in [6, 6.07) is 0. The molecule has 0 aliphatic heterocycles. The molecule has 0 spiro atoms. The highest BCUT2D eigenvalue weighted by Gasteiger charge is 1.98. The van der Waals surface area contributed by atoms with Crippen molar-refractivity contribution in [1.29, 1.82) is 0 Å². The van der Waals surface area contributed by atoms with Gasteiger partial charge in [0, 0.05) is 13.0 Å². The van der Waals surface area contributed by atoms with E-state index < -0.39 is 5.97 Å². The van der Waals surface area contributed by atoms with Gasteiger partial charge in [-0.25, -0.2) is 5.48 Å². The van der Waals surface area contributed by atoms with E-state index in [0.29, 0.717) is 6.42 Å². The van der Waals surface area contributed by atoms with Crippen LogP contribution in [-0.4, -0.2) is 36.2 Å². The number of nitrogens with one attached hydrogen (secondary N) is 1. The quantitative estimate of drug-likeness (QED) is 0.0319. The van der Waals surface area contributed by atoms with Crippen molar-refractivity contribution in [3.8, 4) is 0 Å². The molecule has 0 heterocycles. The smallest absolute Gasteiger partial charge is 0.303 e. The van der Waals surface area contributed by atoms with Gasteiger partial charge in [0.25, 0.3) is 0 Å². The Morgan fingerprint density at radius 2 is 0.545 bits per heavy atom. The summed E-state index contributed by atoms with van der Waals surface area (Å²) in [5, 5.41) is 8.51. The van der Waals surface area contributed by atoms with Crippen molar-refractivity contribution in [2.75, 3.05) is 19.7 Å². The Bertz CT molecular complexity index is 1060. The summed E-state index contributed by atoms with van der Waals surface area (Å²) in [6.07, 6.45) is 91.4. The van der Waals surface area contributed by atoms with Gasteiger partial charge in [-0.3, -0.25) is 4.79 Å². The second-order valence-corrected chi connectivity index (χ2v) is 22.7. The Balaban J connectivity index is -0.000000573. The third-order valence-corrected chi connectivity index (χ3v) is 14.8. The van der Waals surface area contributed by atoms with Crippen LogP contribution in [0.15, 0.2) is 48.6 Å². The molecule has 77 heavy (non-hydrogen) atoms. The van der Waals surface area contributed by atoms with Crippen molar-refractivity contribution in [2.24, 2.45) is 5.73 Å². The van der Waals surface area contributed by atoms with Crippen molar-refractivity contribution in [1.82, 2.24) is 5.48 Å². The monoisotopic (exact) mass is 1090 g/mol.